The monoisotopic (exact) mass is 246 g/mol. The second-order valence-corrected chi connectivity index (χ2v) is 5.28. The van der Waals surface area contributed by atoms with E-state index in [9.17, 15) is 0 Å². The van der Waals surface area contributed by atoms with Gasteiger partial charge in [0.05, 0.1) is 0 Å². The Kier molecular flexibility index (Phi) is 4.40. The van der Waals surface area contributed by atoms with Crippen molar-refractivity contribution in [3.05, 3.63) is 42.2 Å². The largest absolute Gasteiger partial charge is 0.323 e. The third-order valence-electron chi connectivity index (χ3n) is 2.76. The number of nitrogens with zero attached hydrogens (tertiary/aromatic N) is 1. The molecule has 1 heterocycles. The minimum absolute atomic E-state index is 0.109. The van der Waals surface area contributed by atoms with Crippen molar-refractivity contribution in [1.82, 2.24) is 4.98 Å². The topological polar surface area (TPSA) is 38.9 Å². The number of rotatable bonds is 5. The molecule has 2 nitrogen and oxygen atoms in total. The molecule has 90 valence electrons. The molecular formula is C14H18N2S. The zero-order chi connectivity index (χ0) is 12.1. The lowest BCUT2D eigenvalue weighted by atomic mass is 10.0. The number of fused-ring (bicyclic) bond motifs is 1. The van der Waals surface area contributed by atoms with Crippen LogP contribution in [-0.4, -0.2) is 16.5 Å². The Morgan fingerprint density at radius 3 is 3.06 bits per heavy atom. The molecule has 1 unspecified atom stereocenters. The average Bonchev–Trinajstić information content (AvgIpc) is 2.38. The van der Waals surface area contributed by atoms with E-state index in [0.717, 1.165) is 5.75 Å². The fraction of sp³-hybridized carbons (Fsp3) is 0.357. The molecule has 0 amide bonds. The molecule has 1 atom stereocenters. The van der Waals surface area contributed by atoms with Crippen LogP contribution in [0.1, 0.15) is 24.9 Å². The number of benzene rings is 1. The summed E-state index contributed by atoms with van der Waals surface area (Å²) in [6, 6.07) is 8.42. The molecule has 0 fully saturated rings. The van der Waals surface area contributed by atoms with Crippen molar-refractivity contribution in [2.75, 3.05) is 11.5 Å². The summed E-state index contributed by atoms with van der Waals surface area (Å²) in [6.45, 7) is 2.20. The third-order valence-corrected chi connectivity index (χ3v) is 4.05. The molecule has 0 aliphatic carbocycles. The first kappa shape index (κ1) is 12.4. The summed E-state index contributed by atoms with van der Waals surface area (Å²) in [5.41, 5.74) is 7.49. The van der Waals surface area contributed by atoms with Crippen LogP contribution in [0.25, 0.3) is 10.8 Å². The number of aromatic nitrogens is 1. The Hall–Kier alpha value is -1.06. The minimum atomic E-state index is 0.109. The molecule has 0 bridgehead atoms. The molecule has 0 radical (unpaired) electrons. The van der Waals surface area contributed by atoms with Crippen LogP contribution in [0.2, 0.25) is 0 Å². The highest BCUT2D eigenvalue weighted by atomic mass is 32.2. The van der Waals surface area contributed by atoms with Crippen LogP contribution >= 0.6 is 11.8 Å². The molecule has 0 aliphatic heterocycles. The zero-order valence-corrected chi connectivity index (χ0v) is 10.9. The quantitative estimate of drug-likeness (QED) is 0.822. The molecule has 2 rings (SSSR count). The van der Waals surface area contributed by atoms with Crippen LogP contribution in [0.5, 0.6) is 0 Å². The van der Waals surface area contributed by atoms with E-state index >= 15 is 0 Å². The van der Waals surface area contributed by atoms with Crippen LogP contribution in [0, 0.1) is 0 Å². The van der Waals surface area contributed by atoms with Gasteiger partial charge < -0.3 is 5.73 Å². The van der Waals surface area contributed by atoms with Crippen molar-refractivity contribution in [3.8, 4) is 0 Å². The first-order valence-electron chi connectivity index (χ1n) is 5.99. The fourth-order valence-electron chi connectivity index (χ4n) is 1.92. The number of pyridine rings is 1. The number of hydrogen-bond acceptors (Lipinski definition) is 3. The Morgan fingerprint density at radius 1 is 1.35 bits per heavy atom. The predicted molar refractivity (Wildman–Crippen MR) is 76.3 cm³/mol. The van der Waals surface area contributed by atoms with Crippen LogP contribution in [0.4, 0.5) is 0 Å². The maximum absolute atomic E-state index is 6.26. The van der Waals surface area contributed by atoms with Crippen LogP contribution in [-0.2, 0) is 0 Å². The second kappa shape index (κ2) is 6.03. The molecule has 0 saturated carbocycles. The van der Waals surface area contributed by atoms with Gasteiger partial charge in [0, 0.05) is 29.6 Å². The van der Waals surface area contributed by atoms with Gasteiger partial charge in [-0.25, -0.2) is 0 Å². The van der Waals surface area contributed by atoms with Gasteiger partial charge in [-0.15, -0.1) is 0 Å². The summed E-state index contributed by atoms with van der Waals surface area (Å²) < 4.78 is 0. The van der Waals surface area contributed by atoms with Gasteiger partial charge in [0.15, 0.2) is 0 Å². The van der Waals surface area contributed by atoms with Gasteiger partial charge in [-0.2, -0.15) is 11.8 Å². The summed E-state index contributed by atoms with van der Waals surface area (Å²) in [6.07, 6.45) is 4.93. The normalized spacial score (nSPS) is 12.8. The maximum Gasteiger partial charge on any atom is 0.0393 e. The van der Waals surface area contributed by atoms with Crippen molar-refractivity contribution in [1.29, 1.82) is 0 Å². The number of hydrogen-bond donors (Lipinski definition) is 1. The first-order valence-corrected chi connectivity index (χ1v) is 7.14. The van der Waals surface area contributed by atoms with E-state index in [2.05, 4.69) is 36.2 Å². The van der Waals surface area contributed by atoms with E-state index in [-0.39, 0.29) is 6.04 Å². The van der Waals surface area contributed by atoms with Crippen LogP contribution in [0.3, 0.4) is 0 Å². The smallest absolute Gasteiger partial charge is 0.0393 e. The van der Waals surface area contributed by atoms with E-state index in [1.807, 2.05) is 24.2 Å². The van der Waals surface area contributed by atoms with Gasteiger partial charge in [0.2, 0.25) is 0 Å². The number of thioether (sulfide) groups is 1. The van der Waals surface area contributed by atoms with Crippen LogP contribution < -0.4 is 5.73 Å². The van der Waals surface area contributed by atoms with E-state index in [1.54, 1.807) is 0 Å². The van der Waals surface area contributed by atoms with Gasteiger partial charge >= 0.3 is 0 Å². The van der Waals surface area contributed by atoms with Crippen molar-refractivity contribution in [2.24, 2.45) is 5.73 Å². The SMILES string of the molecule is CCCSCC(N)c1cccc2cnccc12. The van der Waals surface area contributed by atoms with E-state index < -0.39 is 0 Å². The minimum Gasteiger partial charge on any atom is -0.323 e. The Labute approximate surface area is 107 Å². The molecule has 0 saturated heterocycles. The van der Waals surface area contributed by atoms with Crippen molar-refractivity contribution >= 4 is 22.5 Å². The molecule has 17 heavy (non-hydrogen) atoms. The lowest BCUT2D eigenvalue weighted by Crippen LogP contribution is -2.13. The van der Waals surface area contributed by atoms with Crippen molar-refractivity contribution < 1.29 is 0 Å². The molecule has 0 spiro atoms. The summed E-state index contributed by atoms with van der Waals surface area (Å²) in [5, 5.41) is 2.40. The molecular weight excluding hydrogens is 228 g/mol. The highest BCUT2D eigenvalue weighted by Gasteiger charge is 2.09. The van der Waals surface area contributed by atoms with Gasteiger partial charge in [-0.1, -0.05) is 25.1 Å². The van der Waals surface area contributed by atoms with E-state index in [0.29, 0.717) is 0 Å². The molecule has 2 aromatic rings. The molecule has 1 aromatic carbocycles. The Balaban J connectivity index is 2.22. The van der Waals surface area contributed by atoms with Crippen LogP contribution in [0.15, 0.2) is 36.7 Å². The highest BCUT2D eigenvalue weighted by molar-refractivity contribution is 7.99. The Bertz CT molecular complexity index is 479. The molecule has 2 N–H and O–H groups in total. The predicted octanol–water partition coefficient (Wildman–Crippen LogP) is 3.38. The van der Waals surface area contributed by atoms with Crippen molar-refractivity contribution in [2.45, 2.75) is 19.4 Å². The van der Waals surface area contributed by atoms with Gasteiger partial charge in [-0.05, 0) is 29.2 Å². The zero-order valence-electron chi connectivity index (χ0n) is 10.1. The summed E-state index contributed by atoms with van der Waals surface area (Å²) in [4.78, 5) is 4.14. The lowest BCUT2D eigenvalue weighted by Gasteiger charge is -2.14. The van der Waals surface area contributed by atoms with E-state index in [4.69, 9.17) is 5.73 Å². The standard InChI is InChI=1S/C14H18N2S/c1-2-8-17-10-14(15)13-5-3-4-11-9-16-7-6-12(11)13/h3-7,9,14H,2,8,10,15H2,1H3. The Morgan fingerprint density at radius 2 is 2.24 bits per heavy atom. The molecule has 1 aromatic heterocycles. The number of nitrogens with two attached hydrogens (primary N) is 1. The highest BCUT2D eigenvalue weighted by Crippen LogP contribution is 2.24. The van der Waals surface area contributed by atoms with Gasteiger partial charge in [-0.3, -0.25) is 4.98 Å². The molecule has 0 aliphatic rings. The third kappa shape index (κ3) is 2.99. The summed E-state index contributed by atoms with van der Waals surface area (Å²) in [5.74, 6) is 2.16. The van der Waals surface area contributed by atoms with Gasteiger partial charge in [0.1, 0.15) is 0 Å². The van der Waals surface area contributed by atoms with Crippen molar-refractivity contribution in [3.63, 3.8) is 0 Å². The van der Waals surface area contributed by atoms with E-state index in [1.165, 1.54) is 28.5 Å². The molecule has 3 heteroatoms. The summed E-state index contributed by atoms with van der Waals surface area (Å²) in [7, 11) is 0. The fourth-order valence-corrected chi connectivity index (χ4v) is 2.80. The average molecular weight is 246 g/mol. The second-order valence-electron chi connectivity index (χ2n) is 4.13. The maximum atomic E-state index is 6.26. The lowest BCUT2D eigenvalue weighted by molar-refractivity contribution is 0.839. The first-order chi connectivity index (χ1) is 8.33. The summed E-state index contributed by atoms with van der Waals surface area (Å²) >= 11 is 1.92. The van der Waals surface area contributed by atoms with Gasteiger partial charge in [0.25, 0.3) is 0 Å².